The fourth-order valence-electron chi connectivity index (χ4n) is 2.68. The third kappa shape index (κ3) is 3.89. The highest BCUT2D eigenvalue weighted by molar-refractivity contribution is 5.79. The van der Waals surface area contributed by atoms with Gasteiger partial charge in [0.15, 0.2) is 0 Å². The molecular formula is C19H20FNO2. The van der Waals surface area contributed by atoms with Crippen molar-refractivity contribution in [3.8, 4) is 5.75 Å². The van der Waals surface area contributed by atoms with E-state index in [2.05, 4.69) is 0 Å². The quantitative estimate of drug-likeness (QED) is 0.816. The van der Waals surface area contributed by atoms with Crippen molar-refractivity contribution in [3.05, 3.63) is 65.5 Å². The topological polar surface area (TPSA) is 29.5 Å². The number of carbonyl (C=O) groups excluding carboxylic acids is 1. The van der Waals surface area contributed by atoms with Gasteiger partial charge in [0.2, 0.25) is 5.91 Å². The van der Waals surface area contributed by atoms with E-state index in [1.165, 1.54) is 6.07 Å². The van der Waals surface area contributed by atoms with Gasteiger partial charge in [-0.15, -0.1) is 0 Å². The lowest BCUT2D eigenvalue weighted by Crippen LogP contribution is -2.34. The lowest BCUT2D eigenvalue weighted by atomic mass is 10.1. The minimum atomic E-state index is -0.257. The third-order valence-corrected chi connectivity index (χ3v) is 4.10. The van der Waals surface area contributed by atoms with Crippen molar-refractivity contribution in [3.63, 3.8) is 0 Å². The largest absolute Gasteiger partial charge is 0.497 e. The maximum atomic E-state index is 13.9. The highest BCUT2D eigenvalue weighted by atomic mass is 19.1. The second kappa shape index (κ2) is 6.82. The van der Waals surface area contributed by atoms with Gasteiger partial charge in [0, 0.05) is 18.2 Å². The van der Waals surface area contributed by atoms with E-state index < -0.39 is 0 Å². The van der Waals surface area contributed by atoms with E-state index in [4.69, 9.17) is 4.74 Å². The summed E-state index contributed by atoms with van der Waals surface area (Å²) in [7, 11) is 1.61. The van der Waals surface area contributed by atoms with Crippen LogP contribution in [0.15, 0.2) is 48.5 Å². The first-order valence-corrected chi connectivity index (χ1v) is 7.83. The minimum absolute atomic E-state index is 0.0315. The number of methoxy groups -OCH3 is 1. The van der Waals surface area contributed by atoms with E-state index in [-0.39, 0.29) is 17.8 Å². The zero-order chi connectivity index (χ0) is 16.2. The third-order valence-electron chi connectivity index (χ3n) is 4.10. The van der Waals surface area contributed by atoms with E-state index in [9.17, 15) is 9.18 Å². The summed E-state index contributed by atoms with van der Waals surface area (Å²) < 4.78 is 19.1. The normalized spacial score (nSPS) is 13.7. The van der Waals surface area contributed by atoms with Crippen molar-refractivity contribution in [2.45, 2.75) is 31.8 Å². The van der Waals surface area contributed by atoms with Crippen LogP contribution in [0.2, 0.25) is 0 Å². The van der Waals surface area contributed by atoms with Gasteiger partial charge in [0.05, 0.1) is 13.5 Å². The number of benzene rings is 2. The standard InChI is InChI=1S/C19H20FNO2/c1-23-17-7-4-5-14(11-17)12-19(22)21(16-9-10-16)13-15-6-2-3-8-18(15)20/h2-8,11,16H,9-10,12-13H2,1H3. The second-order valence-electron chi connectivity index (χ2n) is 5.87. The Morgan fingerprint density at radius 3 is 2.70 bits per heavy atom. The van der Waals surface area contributed by atoms with Crippen LogP contribution in [0.25, 0.3) is 0 Å². The molecule has 0 saturated heterocycles. The van der Waals surface area contributed by atoms with Gasteiger partial charge in [0.1, 0.15) is 11.6 Å². The summed E-state index contributed by atoms with van der Waals surface area (Å²) in [4.78, 5) is 14.5. The summed E-state index contributed by atoms with van der Waals surface area (Å²) in [6.07, 6.45) is 2.30. The van der Waals surface area contributed by atoms with Crippen LogP contribution < -0.4 is 4.74 Å². The van der Waals surface area contributed by atoms with Crippen molar-refractivity contribution in [2.75, 3.05) is 7.11 Å². The molecule has 3 nitrogen and oxygen atoms in total. The monoisotopic (exact) mass is 313 g/mol. The maximum absolute atomic E-state index is 13.9. The molecule has 1 amide bonds. The molecule has 2 aromatic carbocycles. The van der Waals surface area contributed by atoms with E-state index in [1.807, 2.05) is 24.3 Å². The zero-order valence-electron chi connectivity index (χ0n) is 13.2. The molecule has 120 valence electrons. The molecular weight excluding hydrogens is 293 g/mol. The average Bonchev–Trinajstić information content (AvgIpc) is 3.39. The van der Waals surface area contributed by atoms with Crippen LogP contribution in [-0.2, 0) is 17.8 Å². The van der Waals surface area contributed by atoms with Crippen LogP contribution in [0.1, 0.15) is 24.0 Å². The highest BCUT2D eigenvalue weighted by Crippen LogP contribution is 2.29. The van der Waals surface area contributed by atoms with Gasteiger partial charge in [-0.3, -0.25) is 4.79 Å². The Morgan fingerprint density at radius 2 is 2.00 bits per heavy atom. The molecule has 4 heteroatoms. The van der Waals surface area contributed by atoms with Crippen molar-refractivity contribution < 1.29 is 13.9 Å². The Balaban J connectivity index is 1.73. The first-order valence-electron chi connectivity index (χ1n) is 7.83. The SMILES string of the molecule is COc1cccc(CC(=O)N(Cc2ccccc2F)C2CC2)c1. The number of halogens is 1. The zero-order valence-corrected chi connectivity index (χ0v) is 13.2. The van der Waals surface area contributed by atoms with Crippen LogP contribution in [0.4, 0.5) is 4.39 Å². The molecule has 0 unspecified atom stereocenters. The molecule has 2 aromatic rings. The molecule has 0 spiro atoms. The molecule has 0 aromatic heterocycles. The van der Waals surface area contributed by atoms with Gasteiger partial charge < -0.3 is 9.64 Å². The van der Waals surface area contributed by atoms with E-state index in [0.717, 1.165) is 24.2 Å². The van der Waals surface area contributed by atoms with Crippen LogP contribution in [0, 0.1) is 5.82 Å². The smallest absolute Gasteiger partial charge is 0.227 e. The summed E-state index contributed by atoms with van der Waals surface area (Å²) in [5.74, 6) is 0.513. The van der Waals surface area contributed by atoms with Gasteiger partial charge in [-0.1, -0.05) is 30.3 Å². The van der Waals surface area contributed by atoms with Crippen molar-refractivity contribution in [1.29, 1.82) is 0 Å². The molecule has 1 aliphatic rings. The predicted octanol–water partition coefficient (Wildman–Crippen LogP) is 3.57. The van der Waals surface area contributed by atoms with E-state index >= 15 is 0 Å². The molecule has 1 fully saturated rings. The Hall–Kier alpha value is -2.36. The molecule has 0 heterocycles. The fraction of sp³-hybridized carbons (Fsp3) is 0.316. The summed E-state index contributed by atoms with van der Waals surface area (Å²) in [6, 6.07) is 14.4. The molecule has 3 rings (SSSR count). The molecule has 0 bridgehead atoms. The molecule has 0 radical (unpaired) electrons. The van der Waals surface area contributed by atoms with Crippen molar-refractivity contribution in [2.24, 2.45) is 0 Å². The van der Waals surface area contributed by atoms with Crippen LogP contribution >= 0.6 is 0 Å². The molecule has 23 heavy (non-hydrogen) atoms. The first kappa shape index (κ1) is 15.5. The second-order valence-corrected chi connectivity index (χ2v) is 5.87. The van der Waals surface area contributed by atoms with Gasteiger partial charge in [-0.05, 0) is 36.6 Å². The summed E-state index contributed by atoms with van der Waals surface area (Å²) in [5.41, 5.74) is 1.48. The van der Waals surface area contributed by atoms with Gasteiger partial charge >= 0.3 is 0 Å². The molecule has 0 aliphatic heterocycles. The summed E-state index contributed by atoms with van der Waals surface area (Å²) in [6.45, 7) is 0.333. The molecule has 1 saturated carbocycles. The van der Waals surface area contributed by atoms with Crippen LogP contribution in [0.5, 0.6) is 5.75 Å². The lowest BCUT2D eigenvalue weighted by molar-refractivity contribution is -0.131. The van der Waals surface area contributed by atoms with E-state index in [0.29, 0.717) is 18.5 Å². The number of hydrogen-bond acceptors (Lipinski definition) is 2. The van der Waals surface area contributed by atoms with Gasteiger partial charge in [-0.25, -0.2) is 4.39 Å². The Bertz CT molecular complexity index is 697. The van der Waals surface area contributed by atoms with E-state index in [1.54, 1.807) is 30.2 Å². The van der Waals surface area contributed by atoms with Gasteiger partial charge in [0.25, 0.3) is 0 Å². The highest BCUT2D eigenvalue weighted by Gasteiger charge is 2.32. The molecule has 0 N–H and O–H groups in total. The number of amides is 1. The summed E-state index contributed by atoms with van der Waals surface area (Å²) >= 11 is 0. The lowest BCUT2D eigenvalue weighted by Gasteiger charge is -2.23. The average molecular weight is 313 g/mol. The Kier molecular flexibility index (Phi) is 4.60. The van der Waals surface area contributed by atoms with Gasteiger partial charge in [-0.2, -0.15) is 0 Å². The Morgan fingerprint density at radius 1 is 1.22 bits per heavy atom. The van der Waals surface area contributed by atoms with Crippen LogP contribution in [-0.4, -0.2) is 24.0 Å². The first-order chi connectivity index (χ1) is 11.2. The Labute approximate surface area is 135 Å². The number of carbonyl (C=O) groups is 1. The van der Waals surface area contributed by atoms with Crippen LogP contribution in [0.3, 0.4) is 0 Å². The minimum Gasteiger partial charge on any atom is -0.497 e. The molecule has 0 atom stereocenters. The maximum Gasteiger partial charge on any atom is 0.227 e. The molecule has 1 aliphatic carbocycles. The summed E-state index contributed by atoms with van der Waals surface area (Å²) in [5, 5.41) is 0. The van der Waals surface area contributed by atoms with Crippen molar-refractivity contribution in [1.82, 2.24) is 4.90 Å². The fourth-order valence-corrected chi connectivity index (χ4v) is 2.68. The predicted molar refractivity (Wildman–Crippen MR) is 86.7 cm³/mol. The number of ether oxygens (including phenoxy) is 1. The van der Waals surface area contributed by atoms with Crippen molar-refractivity contribution >= 4 is 5.91 Å². The number of hydrogen-bond donors (Lipinski definition) is 0. The number of nitrogens with zero attached hydrogens (tertiary/aromatic N) is 1. The number of rotatable bonds is 6.